The molecule has 10 heavy (non-hydrogen) atoms. The van der Waals surface area contributed by atoms with Gasteiger partial charge in [0.25, 0.3) is 0 Å². The van der Waals surface area contributed by atoms with Gasteiger partial charge >= 0.3 is 0 Å². The number of amides is 1. The third-order valence-corrected chi connectivity index (χ3v) is 1.78. The molecule has 3 heteroatoms. The molecule has 1 amide bonds. The number of hydrogen-bond acceptors (Lipinski definition) is 2. The van der Waals surface area contributed by atoms with Gasteiger partial charge < -0.3 is 10.1 Å². The van der Waals surface area contributed by atoms with Gasteiger partial charge in [0.2, 0.25) is 5.91 Å². The Bertz CT molecular complexity index is 145. The van der Waals surface area contributed by atoms with E-state index in [1.54, 1.807) is 0 Å². The molecule has 1 rings (SSSR count). The van der Waals surface area contributed by atoms with Crippen LogP contribution in [-0.4, -0.2) is 18.7 Å². The Balaban J connectivity index is 2.39. The Labute approximate surface area is 59.8 Å². The highest BCUT2D eigenvalue weighted by atomic mass is 16.2. The summed E-state index contributed by atoms with van der Waals surface area (Å²) in [4.78, 5) is 21.0. The highest BCUT2D eigenvalue weighted by Gasteiger charge is 2.20. The topological polar surface area (TPSA) is 46.2 Å². The summed E-state index contributed by atoms with van der Waals surface area (Å²) < 4.78 is 0. The minimum Gasteiger partial charge on any atom is -0.356 e. The fourth-order valence-electron chi connectivity index (χ4n) is 1.18. The summed E-state index contributed by atoms with van der Waals surface area (Å²) in [6.07, 6.45) is 3.07. The number of piperidine rings is 1. The largest absolute Gasteiger partial charge is 0.356 e. The predicted octanol–water partition coefficient (Wildman–Crippen LogP) is 0.102. The molecule has 56 valence electrons. The standard InChI is InChI=1S/C7H11NO2/c9-5-3-6-2-1-4-8-7(6)10/h5-6H,1-4H2,(H,8,10). The molecule has 1 aliphatic rings. The molecule has 1 unspecified atom stereocenters. The molecule has 0 saturated carbocycles. The number of hydrogen-bond donors (Lipinski definition) is 1. The van der Waals surface area contributed by atoms with E-state index >= 15 is 0 Å². The molecule has 1 fully saturated rings. The Hall–Kier alpha value is -0.860. The second-order valence-electron chi connectivity index (χ2n) is 2.53. The summed E-state index contributed by atoms with van der Waals surface area (Å²) in [7, 11) is 0. The van der Waals surface area contributed by atoms with Crippen molar-refractivity contribution in [3.8, 4) is 0 Å². The van der Waals surface area contributed by atoms with Gasteiger partial charge in [-0.1, -0.05) is 0 Å². The molecule has 1 heterocycles. The first kappa shape index (κ1) is 7.25. The van der Waals surface area contributed by atoms with E-state index in [1.165, 1.54) is 0 Å². The number of carbonyl (C=O) groups is 2. The summed E-state index contributed by atoms with van der Waals surface area (Å²) in [5, 5.41) is 2.72. The van der Waals surface area contributed by atoms with Gasteiger partial charge in [0.05, 0.1) is 0 Å². The molecule has 0 aromatic rings. The second kappa shape index (κ2) is 3.34. The van der Waals surface area contributed by atoms with E-state index in [2.05, 4.69) is 5.32 Å². The first-order chi connectivity index (χ1) is 4.84. The Morgan fingerprint density at radius 3 is 3.10 bits per heavy atom. The smallest absolute Gasteiger partial charge is 0.223 e. The van der Waals surface area contributed by atoms with E-state index in [1.807, 2.05) is 0 Å². The SMILES string of the molecule is O=CCC1CCCNC1=O. The van der Waals surface area contributed by atoms with E-state index in [9.17, 15) is 9.59 Å². The summed E-state index contributed by atoms with van der Waals surface area (Å²) in [6.45, 7) is 0.772. The van der Waals surface area contributed by atoms with Crippen LogP contribution < -0.4 is 5.32 Å². The molecule has 0 aromatic carbocycles. The lowest BCUT2D eigenvalue weighted by molar-refractivity contribution is -0.128. The monoisotopic (exact) mass is 141 g/mol. The second-order valence-corrected chi connectivity index (χ2v) is 2.53. The lowest BCUT2D eigenvalue weighted by Gasteiger charge is -2.19. The molecule has 0 aromatic heterocycles. The average Bonchev–Trinajstić information content (AvgIpc) is 1.94. The number of aldehydes is 1. The van der Waals surface area contributed by atoms with Crippen LogP contribution in [0.25, 0.3) is 0 Å². The van der Waals surface area contributed by atoms with Crippen molar-refractivity contribution < 1.29 is 9.59 Å². The van der Waals surface area contributed by atoms with Gasteiger partial charge in [0, 0.05) is 18.9 Å². The van der Waals surface area contributed by atoms with E-state index < -0.39 is 0 Å². The number of rotatable bonds is 2. The Morgan fingerprint density at radius 2 is 2.50 bits per heavy atom. The first-order valence-electron chi connectivity index (χ1n) is 3.56. The van der Waals surface area contributed by atoms with Crippen LogP contribution in [0, 0.1) is 5.92 Å². The van der Waals surface area contributed by atoms with Gasteiger partial charge in [-0.15, -0.1) is 0 Å². The van der Waals surface area contributed by atoms with Crippen LogP contribution >= 0.6 is 0 Å². The van der Waals surface area contributed by atoms with Gasteiger partial charge in [-0.2, -0.15) is 0 Å². The molecular formula is C7H11NO2. The van der Waals surface area contributed by atoms with E-state index in [-0.39, 0.29) is 11.8 Å². The molecule has 1 aliphatic heterocycles. The van der Waals surface area contributed by atoms with Crippen molar-refractivity contribution in [2.24, 2.45) is 5.92 Å². The third-order valence-electron chi connectivity index (χ3n) is 1.78. The average molecular weight is 141 g/mol. The maximum atomic E-state index is 10.9. The third kappa shape index (κ3) is 1.56. The molecule has 0 radical (unpaired) electrons. The van der Waals surface area contributed by atoms with Crippen molar-refractivity contribution in [2.75, 3.05) is 6.54 Å². The van der Waals surface area contributed by atoms with Crippen LogP contribution in [0.5, 0.6) is 0 Å². The Morgan fingerprint density at radius 1 is 1.70 bits per heavy atom. The van der Waals surface area contributed by atoms with Crippen molar-refractivity contribution in [2.45, 2.75) is 19.3 Å². The van der Waals surface area contributed by atoms with Crippen LogP contribution in [0.2, 0.25) is 0 Å². The van der Waals surface area contributed by atoms with Crippen LogP contribution in [-0.2, 0) is 9.59 Å². The number of nitrogens with one attached hydrogen (secondary N) is 1. The van der Waals surface area contributed by atoms with Crippen molar-refractivity contribution in [3.05, 3.63) is 0 Å². The maximum absolute atomic E-state index is 10.9. The van der Waals surface area contributed by atoms with Crippen molar-refractivity contribution in [1.29, 1.82) is 0 Å². The van der Waals surface area contributed by atoms with Crippen molar-refractivity contribution in [1.82, 2.24) is 5.32 Å². The minimum atomic E-state index is -0.0498. The minimum absolute atomic E-state index is 0.0401. The lowest BCUT2D eigenvalue weighted by atomic mass is 9.96. The molecule has 0 aliphatic carbocycles. The van der Waals surface area contributed by atoms with Crippen LogP contribution in [0.3, 0.4) is 0 Å². The van der Waals surface area contributed by atoms with E-state index in [0.29, 0.717) is 6.42 Å². The summed E-state index contributed by atoms with van der Waals surface area (Å²) in [5.41, 5.74) is 0. The molecule has 0 bridgehead atoms. The van der Waals surface area contributed by atoms with Gasteiger partial charge in [-0.25, -0.2) is 0 Å². The molecule has 0 spiro atoms. The fraction of sp³-hybridized carbons (Fsp3) is 0.714. The fourth-order valence-corrected chi connectivity index (χ4v) is 1.18. The van der Waals surface area contributed by atoms with Gasteiger partial charge in [-0.3, -0.25) is 4.79 Å². The molecule has 1 saturated heterocycles. The highest BCUT2D eigenvalue weighted by molar-refractivity contribution is 5.81. The van der Waals surface area contributed by atoms with Crippen molar-refractivity contribution >= 4 is 12.2 Å². The van der Waals surface area contributed by atoms with E-state index in [4.69, 9.17) is 0 Å². The molecule has 3 nitrogen and oxygen atoms in total. The first-order valence-corrected chi connectivity index (χ1v) is 3.56. The van der Waals surface area contributed by atoms with Crippen LogP contribution in [0.15, 0.2) is 0 Å². The van der Waals surface area contributed by atoms with Gasteiger partial charge in [0.15, 0.2) is 0 Å². The zero-order valence-corrected chi connectivity index (χ0v) is 5.80. The number of carbonyl (C=O) groups excluding carboxylic acids is 2. The van der Waals surface area contributed by atoms with E-state index in [0.717, 1.165) is 25.7 Å². The maximum Gasteiger partial charge on any atom is 0.223 e. The predicted molar refractivity (Wildman–Crippen MR) is 36.4 cm³/mol. The normalized spacial score (nSPS) is 25.6. The van der Waals surface area contributed by atoms with Crippen molar-refractivity contribution in [3.63, 3.8) is 0 Å². The quantitative estimate of drug-likeness (QED) is 0.554. The molecular weight excluding hydrogens is 130 g/mol. The summed E-state index contributed by atoms with van der Waals surface area (Å²) >= 11 is 0. The van der Waals surface area contributed by atoms with Crippen LogP contribution in [0.1, 0.15) is 19.3 Å². The zero-order chi connectivity index (χ0) is 7.40. The summed E-state index contributed by atoms with van der Waals surface area (Å²) in [6, 6.07) is 0. The molecule has 1 atom stereocenters. The van der Waals surface area contributed by atoms with Crippen LogP contribution in [0.4, 0.5) is 0 Å². The van der Waals surface area contributed by atoms with Gasteiger partial charge in [0.1, 0.15) is 6.29 Å². The highest BCUT2D eigenvalue weighted by Crippen LogP contribution is 2.13. The summed E-state index contributed by atoms with van der Waals surface area (Å²) in [5.74, 6) is -0.00963. The molecule has 1 N–H and O–H groups in total. The lowest BCUT2D eigenvalue weighted by Crippen LogP contribution is -2.36. The van der Waals surface area contributed by atoms with Gasteiger partial charge in [-0.05, 0) is 12.8 Å². The Kier molecular flexibility index (Phi) is 2.42. The zero-order valence-electron chi connectivity index (χ0n) is 5.80.